The average molecular weight is 396 g/mol. The van der Waals surface area contributed by atoms with E-state index in [1.807, 2.05) is 0 Å². The van der Waals surface area contributed by atoms with Crippen LogP contribution in [0.25, 0.3) is 0 Å². The van der Waals surface area contributed by atoms with Crippen molar-refractivity contribution in [3.63, 3.8) is 0 Å². The number of hydrogen-bond acceptors (Lipinski definition) is 5. The number of ether oxygens (including phenoxy) is 2. The summed E-state index contributed by atoms with van der Waals surface area (Å²) in [5, 5.41) is 5.47. The Morgan fingerprint density at radius 1 is 1.14 bits per heavy atom. The van der Waals surface area contributed by atoms with Crippen LogP contribution in [0.15, 0.2) is 11.6 Å². The highest BCUT2D eigenvalue weighted by Crippen LogP contribution is 2.17. The van der Waals surface area contributed by atoms with Crippen molar-refractivity contribution in [1.82, 2.24) is 15.5 Å². The maximum absolute atomic E-state index is 12.2. The molecule has 158 valence electrons. The summed E-state index contributed by atoms with van der Waals surface area (Å²) in [6, 6.07) is 0. The van der Waals surface area contributed by atoms with Crippen LogP contribution >= 0.6 is 0 Å². The summed E-state index contributed by atoms with van der Waals surface area (Å²) in [5.74, 6) is 0.203. The normalized spacial score (nSPS) is 18.4. The molecule has 0 aromatic carbocycles. The predicted octanol–water partition coefficient (Wildman–Crippen LogP) is 1.60. The third kappa shape index (κ3) is 8.29. The van der Waals surface area contributed by atoms with Gasteiger partial charge < -0.3 is 25.0 Å². The van der Waals surface area contributed by atoms with Crippen LogP contribution in [0.1, 0.15) is 46.5 Å². The van der Waals surface area contributed by atoms with Crippen molar-refractivity contribution in [2.24, 2.45) is 5.92 Å². The fourth-order valence-electron chi connectivity index (χ4n) is 3.22. The van der Waals surface area contributed by atoms with Gasteiger partial charge in [-0.1, -0.05) is 5.57 Å². The van der Waals surface area contributed by atoms with Gasteiger partial charge in [0.2, 0.25) is 11.8 Å². The fraction of sp³-hybridized carbons (Fsp3) is 0.750. The van der Waals surface area contributed by atoms with Gasteiger partial charge in [-0.05, 0) is 52.4 Å². The number of likely N-dealkylation sites (tertiary alicyclic amines) is 1. The van der Waals surface area contributed by atoms with Crippen LogP contribution in [0.5, 0.6) is 0 Å². The van der Waals surface area contributed by atoms with Crippen molar-refractivity contribution in [2.75, 3.05) is 39.4 Å². The minimum atomic E-state index is -0.587. The molecular formula is C20H33N3O5. The van der Waals surface area contributed by atoms with Gasteiger partial charge in [0, 0.05) is 25.7 Å². The minimum absolute atomic E-state index is 0.0445. The first-order valence-electron chi connectivity index (χ1n) is 10.0. The first-order valence-corrected chi connectivity index (χ1v) is 10.0. The molecule has 2 saturated heterocycles. The second-order valence-corrected chi connectivity index (χ2v) is 8.34. The standard InChI is InChI=1S/C20H33N3O5/c1-20(2,3)28-19(26)22-14-18(25)23-8-4-16(5-9-23)13-21-17(24)12-15-6-10-27-11-7-15/h12,16H,4-11,13-14H2,1-3H3,(H,21,24)(H,22,26). The molecule has 2 aliphatic heterocycles. The smallest absolute Gasteiger partial charge is 0.408 e. The zero-order chi connectivity index (χ0) is 20.6. The molecule has 2 aliphatic rings. The Balaban J connectivity index is 1.63. The summed E-state index contributed by atoms with van der Waals surface area (Å²) in [6.45, 7) is 8.53. The molecule has 0 bridgehead atoms. The number of nitrogens with zero attached hydrogens (tertiary/aromatic N) is 1. The summed E-state index contributed by atoms with van der Waals surface area (Å²) in [4.78, 5) is 37.6. The number of amides is 3. The molecular weight excluding hydrogens is 362 g/mol. The van der Waals surface area contributed by atoms with Crippen LogP contribution in [0.3, 0.4) is 0 Å². The van der Waals surface area contributed by atoms with E-state index in [1.165, 1.54) is 0 Å². The van der Waals surface area contributed by atoms with E-state index in [0.717, 1.165) is 31.3 Å². The van der Waals surface area contributed by atoms with Crippen molar-refractivity contribution in [3.05, 3.63) is 11.6 Å². The minimum Gasteiger partial charge on any atom is -0.444 e. The Hall–Kier alpha value is -2.09. The SMILES string of the molecule is CC(C)(C)OC(=O)NCC(=O)N1CCC(CNC(=O)C=C2CCOCC2)CC1. The maximum Gasteiger partial charge on any atom is 0.408 e. The third-order valence-corrected chi connectivity index (χ3v) is 4.79. The number of alkyl carbamates (subject to hydrolysis) is 1. The van der Waals surface area contributed by atoms with Gasteiger partial charge in [0.1, 0.15) is 12.1 Å². The molecule has 3 amide bonds. The molecule has 0 spiro atoms. The highest BCUT2D eigenvalue weighted by molar-refractivity contribution is 5.88. The molecule has 8 heteroatoms. The van der Waals surface area contributed by atoms with E-state index in [1.54, 1.807) is 31.7 Å². The van der Waals surface area contributed by atoms with Crippen molar-refractivity contribution in [1.29, 1.82) is 0 Å². The molecule has 8 nitrogen and oxygen atoms in total. The molecule has 0 aromatic heterocycles. The molecule has 0 unspecified atom stereocenters. The van der Waals surface area contributed by atoms with Gasteiger partial charge >= 0.3 is 6.09 Å². The van der Waals surface area contributed by atoms with Crippen LogP contribution in [-0.2, 0) is 19.1 Å². The molecule has 2 heterocycles. The number of hydrogen-bond donors (Lipinski definition) is 2. The topological polar surface area (TPSA) is 97.0 Å². The van der Waals surface area contributed by atoms with Crippen molar-refractivity contribution < 1.29 is 23.9 Å². The molecule has 0 saturated carbocycles. The second-order valence-electron chi connectivity index (χ2n) is 8.34. The summed E-state index contributed by atoms with van der Waals surface area (Å²) >= 11 is 0. The van der Waals surface area contributed by atoms with Gasteiger partial charge in [-0.2, -0.15) is 0 Å². The van der Waals surface area contributed by atoms with Crippen molar-refractivity contribution >= 4 is 17.9 Å². The average Bonchev–Trinajstić information content (AvgIpc) is 2.64. The first kappa shape index (κ1) is 22.2. The van der Waals surface area contributed by atoms with E-state index < -0.39 is 11.7 Å². The number of rotatable bonds is 5. The van der Waals surface area contributed by atoms with Gasteiger partial charge in [0.25, 0.3) is 0 Å². The second kappa shape index (κ2) is 10.5. The van der Waals surface area contributed by atoms with E-state index in [9.17, 15) is 14.4 Å². The molecule has 0 aliphatic carbocycles. The molecule has 2 N–H and O–H groups in total. The molecule has 0 radical (unpaired) electrons. The van der Waals surface area contributed by atoms with Crippen LogP contribution < -0.4 is 10.6 Å². The Kier molecular flexibility index (Phi) is 8.29. The summed E-state index contributed by atoms with van der Waals surface area (Å²) in [6.07, 6.45) is 4.43. The molecule has 2 rings (SSSR count). The Labute approximate surface area is 167 Å². The quantitative estimate of drug-likeness (QED) is 0.689. The first-order chi connectivity index (χ1) is 13.2. The van der Waals surface area contributed by atoms with E-state index in [-0.39, 0.29) is 18.4 Å². The molecule has 28 heavy (non-hydrogen) atoms. The van der Waals surface area contributed by atoms with Gasteiger partial charge in [0.05, 0.1) is 13.2 Å². The van der Waals surface area contributed by atoms with Gasteiger partial charge in [-0.25, -0.2) is 4.79 Å². The zero-order valence-corrected chi connectivity index (χ0v) is 17.2. The number of carbonyl (C=O) groups excluding carboxylic acids is 3. The lowest BCUT2D eigenvalue weighted by atomic mass is 9.96. The number of piperidine rings is 1. The van der Waals surface area contributed by atoms with Crippen LogP contribution in [0, 0.1) is 5.92 Å². The van der Waals surface area contributed by atoms with E-state index in [4.69, 9.17) is 9.47 Å². The molecule has 2 fully saturated rings. The largest absolute Gasteiger partial charge is 0.444 e. The van der Waals surface area contributed by atoms with Crippen LogP contribution in [0.4, 0.5) is 4.79 Å². The maximum atomic E-state index is 12.2. The Morgan fingerprint density at radius 2 is 1.79 bits per heavy atom. The Bertz CT molecular complexity index is 581. The fourth-order valence-corrected chi connectivity index (χ4v) is 3.22. The van der Waals surface area contributed by atoms with Gasteiger partial charge in [-0.3, -0.25) is 9.59 Å². The Morgan fingerprint density at radius 3 is 2.39 bits per heavy atom. The van der Waals surface area contributed by atoms with Crippen LogP contribution in [-0.4, -0.2) is 67.8 Å². The third-order valence-electron chi connectivity index (χ3n) is 4.79. The lowest BCUT2D eigenvalue weighted by Gasteiger charge is -2.32. The number of nitrogens with one attached hydrogen (secondary N) is 2. The summed E-state index contributed by atoms with van der Waals surface area (Å²) in [5.41, 5.74) is 0.554. The molecule has 0 aromatic rings. The lowest BCUT2D eigenvalue weighted by Crippen LogP contribution is -2.46. The predicted molar refractivity (Wildman–Crippen MR) is 105 cm³/mol. The number of carbonyl (C=O) groups is 3. The monoisotopic (exact) mass is 395 g/mol. The van der Waals surface area contributed by atoms with E-state index in [0.29, 0.717) is 38.8 Å². The van der Waals surface area contributed by atoms with E-state index in [2.05, 4.69) is 10.6 Å². The molecule has 0 atom stereocenters. The van der Waals surface area contributed by atoms with Crippen LogP contribution in [0.2, 0.25) is 0 Å². The zero-order valence-electron chi connectivity index (χ0n) is 17.2. The summed E-state index contributed by atoms with van der Waals surface area (Å²) in [7, 11) is 0. The van der Waals surface area contributed by atoms with Crippen molar-refractivity contribution in [3.8, 4) is 0 Å². The van der Waals surface area contributed by atoms with Gasteiger partial charge in [-0.15, -0.1) is 0 Å². The highest BCUT2D eigenvalue weighted by atomic mass is 16.6. The van der Waals surface area contributed by atoms with E-state index >= 15 is 0 Å². The van der Waals surface area contributed by atoms with Gasteiger partial charge in [0.15, 0.2) is 0 Å². The van der Waals surface area contributed by atoms with Crippen molar-refractivity contribution in [2.45, 2.75) is 52.1 Å². The highest BCUT2D eigenvalue weighted by Gasteiger charge is 2.24. The lowest BCUT2D eigenvalue weighted by molar-refractivity contribution is -0.131. The summed E-state index contributed by atoms with van der Waals surface area (Å²) < 4.78 is 10.4.